The largest absolute Gasteiger partial charge is 0.462 e. The van der Waals surface area contributed by atoms with Crippen molar-refractivity contribution < 1.29 is 14.3 Å². The standard InChI is InChI=1S/C14H20N4O3/c1-2-20-14(19)10-6-16-13(17-12(10)15)11-7-18-5-3-4-9(18)8-21-11/h6,9,11H,2-5,7-8H2,1H3,(H2,15,16,17). The first-order valence-corrected chi connectivity index (χ1v) is 7.34. The first kappa shape index (κ1) is 14.2. The maximum atomic E-state index is 11.7. The lowest BCUT2D eigenvalue weighted by atomic mass is 10.2. The zero-order valence-electron chi connectivity index (χ0n) is 12.1. The molecule has 2 aliphatic heterocycles. The van der Waals surface area contributed by atoms with Gasteiger partial charge in [0.15, 0.2) is 5.82 Å². The number of esters is 1. The highest BCUT2D eigenvalue weighted by Crippen LogP contribution is 2.29. The molecule has 0 saturated carbocycles. The van der Waals surface area contributed by atoms with E-state index in [0.29, 0.717) is 25.1 Å². The average Bonchev–Trinajstić information content (AvgIpc) is 2.94. The predicted octanol–water partition coefficient (Wildman–Crippen LogP) is 0.771. The Bertz CT molecular complexity index is 537. The van der Waals surface area contributed by atoms with Crippen molar-refractivity contribution in [2.75, 3.05) is 32.0 Å². The van der Waals surface area contributed by atoms with Crippen molar-refractivity contribution in [1.29, 1.82) is 0 Å². The van der Waals surface area contributed by atoms with Crippen LogP contribution in [0.3, 0.4) is 0 Å². The second kappa shape index (κ2) is 5.95. The van der Waals surface area contributed by atoms with Gasteiger partial charge in [0.05, 0.1) is 13.2 Å². The number of aromatic nitrogens is 2. The van der Waals surface area contributed by atoms with Gasteiger partial charge in [-0.2, -0.15) is 0 Å². The van der Waals surface area contributed by atoms with Gasteiger partial charge >= 0.3 is 5.97 Å². The van der Waals surface area contributed by atoms with Crippen molar-refractivity contribution in [3.8, 4) is 0 Å². The van der Waals surface area contributed by atoms with E-state index >= 15 is 0 Å². The highest BCUT2D eigenvalue weighted by atomic mass is 16.5. The van der Waals surface area contributed by atoms with Gasteiger partial charge in [-0.15, -0.1) is 0 Å². The molecule has 2 unspecified atom stereocenters. The van der Waals surface area contributed by atoms with Gasteiger partial charge in [-0.3, -0.25) is 4.90 Å². The molecule has 1 aromatic heterocycles. The zero-order valence-corrected chi connectivity index (χ0v) is 12.1. The van der Waals surface area contributed by atoms with Gasteiger partial charge in [0.1, 0.15) is 17.5 Å². The van der Waals surface area contributed by atoms with Crippen LogP contribution in [0, 0.1) is 0 Å². The molecule has 3 rings (SSSR count). The quantitative estimate of drug-likeness (QED) is 0.823. The van der Waals surface area contributed by atoms with Crippen molar-refractivity contribution in [2.24, 2.45) is 0 Å². The van der Waals surface area contributed by atoms with Crippen LogP contribution in [0.2, 0.25) is 0 Å². The van der Waals surface area contributed by atoms with E-state index in [4.69, 9.17) is 15.2 Å². The molecule has 0 amide bonds. The fourth-order valence-corrected chi connectivity index (χ4v) is 2.90. The van der Waals surface area contributed by atoms with E-state index in [2.05, 4.69) is 14.9 Å². The number of hydrogen-bond donors (Lipinski definition) is 1. The topological polar surface area (TPSA) is 90.6 Å². The molecule has 0 radical (unpaired) electrons. The number of carbonyl (C=O) groups is 1. The molecule has 0 bridgehead atoms. The summed E-state index contributed by atoms with van der Waals surface area (Å²) < 4.78 is 10.8. The molecule has 2 N–H and O–H groups in total. The van der Waals surface area contributed by atoms with Crippen LogP contribution in [0.1, 0.15) is 42.1 Å². The van der Waals surface area contributed by atoms with Crippen molar-refractivity contribution in [1.82, 2.24) is 14.9 Å². The number of fused-ring (bicyclic) bond motifs is 1. The van der Waals surface area contributed by atoms with E-state index in [1.807, 2.05) is 0 Å². The summed E-state index contributed by atoms with van der Waals surface area (Å²) in [6, 6.07) is 0.525. The average molecular weight is 292 g/mol. The number of ether oxygens (including phenoxy) is 2. The number of nitrogens with two attached hydrogens (primary N) is 1. The van der Waals surface area contributed by atoms with Gasteiger partial charge < -0.3 is 15.2 Å². The van der Waals surface area contributed by atoms with Crippen LogP contribution in [0.4, 0.5) is 5.82 Å². The lowest BCUT2D eigenvalue weighted by molar-refractivity contribution is -0.0540. The van der Waals surface area contributed by atoms with Crippen LogP contribution in [0.15, 0.2) is 6.20 Å². The maximum absolute atomic E-state index is 11.7. The molecule has 7 heteroatoms. The van der Waals surface area contributed by atoms with Gasteiger partial charge in [0.2, 0.25) is 0 Å². The molecule has 2 fully saturated rings. The lowest BCUT2D eigenvalue weighted by Gasteiger charge is -2.34. The van der Waals surface area contributed by atoms with E-state index < -0.39 is 5.97 Å². The van der Waals surface area contributed by atoms with E-state index in [-0.39, 0.29) is 17.5 Å². The van der Waals surface area contributed by atoms with Gasteiger partial charge in [0, 0.05) is 18.8 Å². The third-order valence-corrected chi connectivity index (χ3v) is 4.01. The molecule has 21 heavy (non-hydrogen) atoms. The second-order valence-corrected chi connectivity index (χ2v) is 5.36. The molecule has 2 atom stereocenters. The Hall–Kier alpha value is -1.73. The summed E-state index contributed by atoms with van der Waals surface area (Å²) in [6.45, 7) is 4.62. The van der Waals surface area contributed by atoms with E-state index in [0.717, 1.165) is 13.1 Å². The molecule has 7 nitrogen and oxygen atoms in total. The number of nitrogens with zero attached hydrogens (tertiary/aromatic N) is 3. The molecule has 114 valence electrons. The molecule has 2 saturated heterocycles. The first-order chi connectivity index (χ1) is 10.2. The summed E-state index contributed by atoms with van der Waals surface area (Å²) in [5.74, 6) is 0.183. The van der Waals surface area contributed by atoms with Gasteiger partial charge in [0.25, 0.3) is 0 Å². The maximum Gasteiger partial charge on any atom is 0.343 e. The Morgan fingerprint density at radius 3 is 3.24 bits per heavy atom. The minimum absolute atomic E-state index is 0.144. The molecule has 0 aromatic carbocycles. The van der Waals surface area contributed by atoms with E-state index in [1.165, 1.54) is 19.0 Å². The fraction of sp³-hybridized carbons (Fsp3) is 0.643. The lowest BCUT2D eigenvalue weighted by Crippen LogP contribution is -2.42. The number of hydrogen-bond acceptors (Lipinski definition) is 7. The van der Waals surface area contributed by atoms with Crippen LogP contribution in [0.5, 0.6) is 0 Å². The number of morpholine rings is 1. The summed E-state index contributed by atoms with van der Waals surface area (Å²) in [5.41, 5.74) is 6.05. The molecule has 0 spiro atoms. The Morgan fingerprint density at radius 1 is 1.62 bits per heavy atom. The zero-order chi connectivity index (χ0) is 14.8. The van der Waals surface area contributed by atoms with Crippen molar-refractivity contribution in [2.45, 2.75) is 31.9 Å². The molecule has 2 aliphatic rings. The van der Waals surface area contributed by atoms with Crippen molar-refractivity contribution in [3.05, 3.63) is 17.6 Å². The Labute approximate surface area is 123 Å². The number of carbonyl (C=O) groups excluding carboxylic acids is 1. The predicted molar refractivity (Wildman–Crippen MR) is 75.7 cm³/mol. The molecule has 3 heterocycles. The Kier molecular flexibility index (Phi) is 4.03. The normalized spacial score (nSPS) is 25.6. The smallest absolute Gasteiger partial charge is 0.343 e. The van der Waals surface area contributed by atoms with Crippen LogP contribution >= 0.6 is 0 Å². The number of rotatable bonds is 3. The number of anilines is 1. The van der Waals surface area contributed by atoms with Crippen LogP contribution < -0.4 is 5.73 Å². The fourth-order valence-electron chi connectivity index (χ4n) is 2.90. The summed E-state index contributed by atoms with van der Waals surface area (Å²) in [7, 11) is 0. The minimum Gasteiger partial charge on any atom is -0.462 e. The van der Waals surface area contributed by atoms with Gasteiger partial charge in [-0.1, -0.05) is 0 Å². The first-order valence-electron chi connectivity index (χ1n) is 7.34. The van der Waals surface area contributed by atoms with Gasteiger partial charge in [-0.25, -0.2) is 14.8 Å². The molecular weight excluding hydrogens is 272 g/mol. The third-order valence-electron chi connectivity index (χ3n) is 4.01. The van der Waals surface area contributed by atoms with Crippen LogP contribution in [-0.2, 0) is 9.47 Å². The third kappa shape index (κ3) is 2.84. The molecule has 1 aromatic rings. The molecular formula is C14H20N4O3. The Morgan fingerprint density at radius 2 is 2.48 bits per heavy atom. The Balaban J connectivity index is 1.74. The summed E-state index contributed by atoms with van der Waals surface area (Å²) in [6.07, 6.45) is 3.65. The van der Waals surface area contributed by atoms with Crippen molar-refractivity contribution in [3.63, 3.8) is 0 Å². The van der Waals surface area contributed by atoms with Crippen LogP contribution in [0.25, 0.3) is 0 Å². The highest BCUT2D eigenvalue weighted by Gasteiger charge is 2.34. The van der Waals surface area contributed by atoms with Crippen molar-refractivity contribution >= 4 is 11.8 Å². The summed E-state index contributed by atoms with van der Waals surface area (Å²) in [4.78, 5) is 22.6. The molecule has 0 aliphatic carbocycles. The highest BCUT2D eigenvalue weighted by molar-refractivity contribution is 5.93. The van der Waals surface area contributed by atoms with E-state index in [9.17, 15) is 4.79 Å². The minimum atomic E-state index is -0.495. The second-order valence-electron chi connectivity index (χ2n) is 5.36. The summed E-state index contributed by atoms with van der Waals surface area (Å²) >= 11 is 0. The number of nitrogen functional groups attached to an aromatic ring is 1. The van der Waals surface area contributed by atoms with Crippen LogP contribution in [-0.4, -0.2) is 53.2 Å². The SMILES string of the molecule is CCOC(=O)c1cnc(C2CN3CCCC3CO2)nc1N. The summed E-state index contributed by atoms with van der Waals surface area (Å²) in [5, 5.41) is 0. The monoisotopic (exact) mass is 292 g/mol. The van der Waals surface area contributed by atoms with Gasteiger partial charge in [-0.05, 0) is 26.3 Å². The van der Waals surface area contributed by atoms with E-state index in [1.54, 1.807) is 6.92 Å².